The van der Waals surface area contributed by atoms with Crippen LogP contribution in [0.3, 0.4) is 0 Å². The number of hydrogen-bond acceptors (Lipinski definition) is 6. The third-order valence-electron chi connectivity index (χ3n) is 5.94. The second kappa shape index (κ2) is 10.6. The van der Waals surface area contributed by atoms with E-state index in [1.807, 2.05) is 35.2 Å². The van der Waals surface area contributed by atoms with Crippen molar-refractivity contribution in [3.05, 3.63) is 94.3 Å². The zero-order valence-electron chi connectivity index (χ0n) is 19.5. The summed E-state index contributed by atoms with van der Waals surface area (Å²) in [4.78, 5) is 41.8. The number of fused-ring (bicyclic) bond motifs is 1. The number of rotatable bonds is 6. The molecule has 8 heteroatoms. The van der Waals surface area contributed by atoms with Crippen LogP contribution in [0.4, 0.5) is 5.69 Å². The van der Waals surface area contributed by atoms with Gasteiger partial charge in [0.25, 0.3) is 5.91 Å². The van der Waals surface area contributed by atoms with Crippen molar-refractivity contribution in [1.82, 2.24) is 4.90 Å². The van der Waals surface area contributed by atoms with Gasteiger partial charge in [0.05, 0.1) is 37.6 Å². The van der Waals surface area contributed by atoms with Gasteiger partial charge in [-0.1, -0.05) is 41.9 Å². The average Bonchev–Trinajstić information content (AvgIpc) is 3.42. The number of esters is 2. The van der Waals surface area contributed by atoms with Crippen LogP contribution in [0.15, 0.2) is 78.2 Å². The van der Waals surface area contributed by atoms with Gasteiger partial charge in [-0.3, -0.25) is 4.79 Å². The molecule has 1 saturated heterocycles. The fourth-order valence-electron chi connectivity index (χ4n) is 4.26. The lowest BCUT2D eigenvalue weighted by Crippen LogP contribution is -2.26. The zero-order valence-corrected chi connectivity index (χ0v) is 20.2. The number of benzene rings is 2. The Morgan fingerprint density at radius 1 is 1.09 bits per heavy atom. The molecule has 0 atom stereocenters. The summed E-state index contributed by atoms with van der Waals surface area (Å²) in [7, 11) is 2.59. The molecule has 0 aliphatic carbocycles. The molecule has 7 nitrogen and oxygen atoms in total. The van der Waals surface area contributed by atoms with Gasteiger partial charge in [0.15, 0.2) is 0 Å². The predicted octanol–water partition coefficient (Wildman–Crippen LogP) is 4.48. The number of carbonyl (C=O) groups excluding carboxylic acids is 3. The van der Waals surface area contributed by atoms with E-state index in [0.29, 0.717) is 35.8 Å². The summed E-state index contributed by atoms with van der Waals surface area (Å²) in [5.41, 5.74) is 3.37. The summed E-state index contributed by atoms with van der Waals surface area (Å²) in [5.74, 6) is -1.41. The minimum atomic E-state index is -0.628. The van der Waals surface area contributed by atoms with Crippen molar-refractivity contribution < 1.29 is 23.9 Å². The lowest BCUT2D eigenvalue weighted by molar-refractivity contribution is -0.136. The molecule has 1 amide bonds. The van der Waals surface area contributed by atoms with Crippen LogP contribution in [0.25, 0.3) is 5.57 Å². The monoisotopic (exact) mass is 492 g/mol. The van der Waals surface area contributed by atoms with E-state index < -0.39 is 11.9 Å². The molecule has 0 saturated carbocycles. The number of anilines is 1. The van der Waals surface area contributed by atoms with Gasteiger partial charge in [0.1, 0.15) is 0 Å². The maximum Gasteiger partial charge on any atom is 0.338 e. The Balaban J connectivity index is 1.82. The molecule has 0 N–H and O–H groups in total. The van der Waals surface area contributed by atoms with Crippen LogP contribution >= 0.6 is 11.6 Å². The number of hydrogen-bond donors (Lipinski definition) is 0. The van der Waals surface area contributed by atoms with Gasteiger partial charge >= 0.3 is 11.9 Å². The Bertz CT molecular complexity index is 1250. The molecule has 2 aromatic rings. The van der Waals surface area contributed by atoms with Crippen molar-refractivity contribution in [1.29, 1.82) is 0 Å². The van der Waals surface area contributed by atoms with E-state index >= 15 is 0 Å². The van der Waals surface area contributed by atoms with Gasteiger partial charge in [0, 0.05) is 35.1 Å². The van der Waals surface area contributed by atoms with Crippen molar-refractivity contribution in [2.45, 2.75) is 19.4 Å². The number of allylic oxidation sites excluding steroid dienone is 1. The number of methoxy groups -OCH3 is 2. The van der Waals surface area contributed by atoms with E-state index in [-0.39, 0.29) is 17.1 Å². The van der Waals surface area contributed by atoms with Gasteiger partial charge in [-0.05, 0) is 42.7 Å². The predicted molar refractivity (Wildman–Crippen MR) is 133 cm³/mol. The van der Waals surface area contributed by atoms with Crippen molar-refractivity contribution in [2.75, 3.05) is 25.7 Å². The van der Waals surface area contributed by atoms with Gasteiger partial charge < -0.3 is 19.3 Å². The maximum absolute atomic E-state index is 13.7. The molecule has 0 bridgehead atoms. The highest BCUT2D eigenvalue weighted by Gasteiger charge is 2.36. The highest BCUT2D eigenvalue weighted by molar-refractivity contribution is 6.38. The molecule has 35 heavy (non-hydrogen) atoms. The molecule has 2 aliphatic rings. The Morgan fingerprint density at radius 2 is 1.86 bits per heavy atom. The van der Waals surface area contributed by atoms with Crippen LogP contribution in [0, 0.1) is 0 Å². The molecular formula is C27H25ClN2O5. The van der Waals surface area contributed by atoms with Gasteiger partial charge in [0.2, 0.25) is 0 Å². The summed E-state index contributed by atoms with van der Waals surface area (Å²) in [6.07, 6.45) is 6.11. The number of amides is 1. The molecule has 0 unspecified atom stereocenters. The molecule has 1 fully saturated rings. The highest BCUT2D eigenvalue weighted by Crippen LogP contribution is 2.42. The molecule has 2 heterocycles. The number of nitrogens with zero attached hydrogens (tertiary/aromatic N) is 2. The largest absolute Gasteiger partial charge is 0.466 e. The van der Waals surface area contributed by atoms with Crippen LogP contribution in [0.1, 0.15) is 24.0 Å². The van der Waals surface area contributed by atoms with Crippen LogP contribution in [0.5, 0.6) is 0 Å². The summed E-state index contributed by atoms with van der Waals surface area (Å²) in [5, 5.41) is 0.455. The summed E-state index contributed by atoms with van der Waals surface area (Å²) >= 11 is 6.30. The second-order valence-electron chi connectivity index (χ2n) is 8.09. The van der Waals surface area contributed by atoms with Crippen molar-refractivity contribution in [2.24, 2.45) is 0 Å². The quantitative estimate of drug-likeness (QED) is 0.437. The standard InChI is InChI=1S/C27H25ClN2O5/c1-34-24(31)12-14-29-13-6-9-20(29)16-22(27(33)35-2)25-21-15-19(28)10-11-23(21)30(26(25)32)17-18-7-4-3-5-8-18/h3-5,7-8,10-12,14-16H,6,9,13,17H2,1-2H3/b14-12+,20-16+,25-22+. The average molecular weight is 493 g/mol. The SMILES string of the molecule is COC(=O)/C=C/N1CCC/C1=C\C(C(=O)OC)=C1/C(=O)N(Cc2ccccc2)c2ccc(Cl)cc21. The van der Waals surface area contributed by atoms with Crippen LogP contribution in [-0.2, 0) is 30.4 Å². The Labute approximate surface area is 208 Å². The molecule has 0 aromatic heterocycles. The van der Waals surface area contributed by atoms with E-state index in [1.165, 1.54) is 20.3 Å². The molecule has 2 aliphatic heterocycles. The van der Waals surface area contributed by atoms with Crippen molar-refractivity contribution in [3.63, 3.8) is 0 Å². The van der Waals surface area contributed by atoms with Crippen molar-refractivity contribution in [3.8, 4) is 0 Å². The molecule has 180 valence electrons. The summed E-state index contributed by atoms with van der Waals surface area (Å²) < 4.78 is 9.75. The summed E-state index contributed by atoms with van der Waals surface area (Å²) in [6, 6.07) is 14.8. The zero-order chi connectivity index (χ0) is 24.9. The van der Waals surface area contributed by atoms with Crippen LogP contribution in [0.2, 0.25) is 5.02 Å². The topological polar surface area (TPSA) is 76.1 Å². The first-order chi connectivity index (χ1) is 16.9. The number of likely N-dealkylation sites (tertiary alicyclic amines) is 1. The first-order valence-corrected chi connectivity index (χ1v) is 11.5. The van der Waals surface area contributed by atoms with Gasteiger partial charge in [-0.25, -0.2) is 9.59 Å². The third-order valence-corrected chi connectivity index (χ3v) is 6.17. The van der Waals surface area contributed by atoms with E-state index in [1.54, 1.807) is 35.4 Å². The molecule has 4 rings (SSSR count). The Morgan fingerprint density at radius 3 is 2.57 bits per heavy atom. The number of carbonyl (C=O) groups is 3. The Hall–Kier alpha value is -3.84. The van der Waals surface area contributed by atoms with Gasteiger partial charge in [-0.2, -0.15) is 0 Å². The lowest BCUT2D eigenvalue weighted by atomic mass is 9.99. The molecular weight excluding hydrogens is 468 g/mol. The first kappa shape index (κ1) is 24.3. The van der Waals surface area contributed by atoms with E-state index in [4.69, 9.17) is 16.3 Å². The smallest absolute Gasteiger partial charge is 0.338 e. The normalized spacial score (nSPS) is 17.8. The minimum absolute atomic E-state index is 0.143. The lowest BCUT2D eigenvalue weighted by Gasteiger charge is -2.17. The Kier molecular flexibility index (Phi) is 7.36. The summed E-state index contributed by atoms with van der Waals surface area (Å²) in [6.45, 7) is 1.01. The molecule has 0 radical (unpaired) electrons. The fourth-order valence-corrected chi connectivity index (χ4v) is 4.43. The number of halogens is 1. The van der Waals surface area contributed by atoms with Gasteiger partial charge in [-0.15, -0.1) is 0 Å². The second-order valence-corrected chi connectivity index (χ2v) is 8.53. The van der Waals surface area contributed by atoms with Crippen molar-refractivity contribution >= 4 is 40.7 Å². The molecule has 0 spiro atoms. The first-order valence-electron chi connectivity index (χ1n) is 11.1. The highest BCUT2D eigenvalue weighted by atomic mass is 35.5. The van der Waals surface area contributed by atoms with E-state index in [9.17, 15) is 14.4 Å². The fraction of sp³-hybridized carbons (Fsp3) is 0.222. The van der Waals surface area contributed by atoms with E-state index in [2.05, 4.69) is 4.74 Å². The van der Waals surface area contributed by atoms with Crippen LogP contribution < -0.4 is 4.90 Å². The third kappa shape index (κ3) is 5.15. The minimum Gasteiger partial charge on any atom is -0.466 e. The molecule has 2 aromatic carbocycles. The maximum atomic E-state index is 13.7. The van der Waals surface area contributed by atoms with Crippen LogP contribution in [-0.4, -0.2) is 43.5 Å². The number of ether oxygens (including phenoxy) is 2. The van der Waals surface area contributed by atoms with E-state index in [0.717, 1.165) is 17.7 Å².